The molecule has 0 rings (SSSR count). The maximum atomic E-state index is 8.18. The summed E-state index contributed by atoms with van der Waals surface area (Å²) in [5.74, 6) is 0. The molecule has 0 aromatic rings. The fourth-order valence-electron chi connectivity index (χ4n) is 0.289. The van der Waals surface area contributed by atoms with Crippen LogP contribution < -0.4 is 0 Å². The van der Waals surface area contributed by atoms with Crippen molar-refractivity contribution in [2.75, 3.05) is 20.1 Å². The zero-order chi connectivity index (χ0) is 7.11. The van der Waals surface area contributed by atoms with Gasteiger partial charge in [-0.3, -0.25) is 0 Å². The third-order valence-corrected chi connectivity index (χ3v) is 0.769. The van der Waals surface area contributed by atoms with Gasteiger partial charge in [-0.1, -0.05) is 5.11 Å². The van der Waals surface area contributed by atoms with Crippen molar-refractivity contribution in [1.29, 1.82) is 5.26 Å². The number of likely N-dealkylation sites (N-methyl/N-ethyl adjacent to an activating group) is 1. The van der Waals surface area contributed by atoms with Gasteiger partial charge in [-0.2, -0.15) is 5.26 Å². The van der Waals surface area contributed by atoms with Crippen molar-refractivity contribution in [3.05, 3.63) is 10.4 Å². The molecule has 0 aromatic heterocycles. The average Bonchev–Trinajstić information content (AvgIpc) is 1.89. The summed E-state index contributed by atoms with van der Waals surface area (Å²) in [5, 5.41) is 11.4. The molecule has 0 amide bonds. The molecule has 0 atom stereocenters. The number of hydrogen-bond donors (Lipinski definition) is 0. The normalized spacial score (nSPS) is 7.11. The van der Waals surface area contributed by atoms with Crippen molar-refractivity contribution in [3.63, 3.8) is 0 Å². The van der Waals surface area contributed by atoms with Crippen LogP contribution in [0.1, 0.15) is 0 Å². The van der Waals surface area contributed by atoms with Gasteiger partial charge in [0.15, 0.2) is 6.19 Å². The van der Waals surface area contributed by atoms with E-state index in [9.17, 15) is 0 Å². The first kappa shape index (κ1) is 7.60. The predicted octanol–water partition coefficient (Wildman–Crippen LogP) is 0.710. The van der Waals surface area contributed by atoms with Crippen LogP contribution in [-0.2, 0) is 0 Å². The number of azide groups is 1. The number of nitrogens with zero attached hydrogens (tertiary/aromatic N) is 5. The van der Waals surface area contributed by atoms with Crippen LogP contribution >= 0.6 is 0 Å². The highest BCUT2D eigenvalue weighted by atomic mass is 15.2. The van der Waals surface area contributed by atoms with E-state index in [4.69, 9.17) is 10.8 Å². The standard InChI is InChI=1S/C4H7N5/c1-9(4-5)3-2-7-8-6/h2-3H2,1H3. The highest BCUT2D eigenvalue weighted by Gasteiger charge is 1.87. The Kier molecular flexibility index (Phi) is 4.01. The number of nitriles is 1. The highest BCUT2D eigenvalue weighted by molar-refractivity contribution is 4.68. The van der Waals surface area contributed by atoms with Crippen LogP contribution in [0.2, 0.25) is 0 Å². The van der Waals surface area contributed by atoms with E-state index in [1.54, 1.807) is 7.05 Å². The first-order valence-corrected chi connectivity index (χ1v) is 2.43. The minimum atomic E-state index is 0.348. The molecule has 0 aliphatic heterocycles. The van der Waals surface area contributed by atoms with Crippen LogP contribution in [-0.4, -0.2) is 25.0 Å². The molecule has 0 aliphatic rings. The maximum absolute atomic E-state index is 8.18. The van der Waals surface area contributed by atoms with Crippen molar-refractivity contribution in [2.24, 2.45) is 5.11 Å². The molecule has 0 aliphatic carbocycles. The lowest BCUT2D eigenvalue weighted by Gasteiger charge is -2.02. The van der Waals surface area contributed by atoms with E-state index in [1.807, 2.05) is 6.19 Å². The van der Waals surface area contributed by atoms with Gasteiger partial charge in [0.2, 0.25) is 0 Å². The lowest BCUT2D eigenvalue weighted by molar-refractivity contribution is 0.485. The molecule has 0 aromatic carbocycles. The Morgan fingerprint density at radius 1 is 1.89 bits per heavy atom. The van der Waals surface area contributed by atoms with Gasteiger partial charge >= 0.3 is 0 Å². The summed E-state index contributed by atoms with van der Waals surface area (Å²) in [6.45, 7) is 0.834. The molecule has 0 saturated carbocycles. The van der Waals surface area contributed by atoms with E-state index in [0.717, 1.165) is 0 Å². The summed E-state index contributed by atoms with van der Waals surface area (Å²) in [7, 11) is 1.63. The van der Waals surface area contributed by atoms with Crippen molar-refractivity contribution in [2.45, 2.75) is 0 Å². The quantitative estimate of drug-likeness (QED) is 0.183. The molecule has 5 nitrogen and oxygen atoms in total. The van der Waals surface area contributed by atoms with E-state index in [2.05, 4.69) is 10.0 Å². The Morgan fingerprint density at radius 2 is 2.56 bits per heavy atom. The van der Waals surface area contributed by atoms with Gasteiger partial charge in [-0.05, 0) is 5.53 Å². The lowest BCUT2D eigenvalue weighted by Crippen LogP contribution is -2.14. The Labute approximate surface area is 53.1 Å². The summed E-state index contributed by atoms with van der Waals surface area (Å²) in [6.07, 6.45) is 1.87. The topological polar surface area (TPSA) is 75.8 Å². The molecule has 0 N–H and O–H groups in total. The Hall–Kier alpha value is -1.40. The molecule has 0 bridgehead atoms. The van der Waals surface area contributed by atoms with Crippen LogP contribution in [0.5, 0.6) is 0 Å². The smallest absolute Gasteiger partial charge is 0.179 e. The Bertz CT molecular complexity index is 151. The largest absolute Gasteiger partial charge is 0.314 e. The van der Waals surface area contributed by atoms with Gasteiger partial charge in [-0.25, -0.2) is 0 Å². The molecule has 0 radical (unpaired) electrons. The van der Waals surface area contributed by atoms with Gasteiger partial charge in [0.05, 0.1) is 0 Å². The zero-order valence-corrected chi connectivity index (χ0v) is 5.15. The first-order chi connectivity index (χ1) is 4.31. The van der Waals surface area contributed by atoms with Gasteiger partial charge in [0.1, 0.15) is 0 Å². The SMILES string of the molecule is CN(C#N)CCN=[N+]=[N-]. The second-order valence-electron chi connectivity index (χ2n) is 1.48. The second kappa shape index (κ2) is 4.75. The molecule has 0 heterocycles. The highest BCUT2D eigenvalue weighted by Crippen LogP contribution is 1.77. The minimum Gasteiger partial charge on any atom is -0.314 e. The van der Waals surface area contributed by atoms with E-state index >= 15 is 0 Å². The van der Waals surface area contributed by atoms with Crippen LogP contribution in [0.3, 0.4) is 0 Å². The molecule has 9 heavy (non-hydrogen) atoms. The van der Waals surface area contributed by atoms with Gasteiger partial charge in [0, 0.05) is 25.0 Å². The fourth-order valence-corrected chi connectivity index (χ4v) is 0.289. The molecule has 0 spiro atoms. The summed E-state index contributed by atoms with van der Waals surface area (Å²) < 4.78 is 0. The summed E-state index contributed by atoms with van der Waals surface area (Å²) in [5.41, 5.74) is 7.81. The summed E-state index contributed by atoms with van der Waals surface area (Å²) >= 11 is 0. The van der Waals surface area contributed by atoms with E-state index < -0.39 is 0 Å². The van der Waals surface area contributed by atoms with Crippen molar-refractivity contribution >= 4 is 0 Å². The third-order valence-electron chi connectivity index (χ3n) is 0.769. The van der Waals surface area contributed by atoms with E-state index in [0.29, 0.717) is 13.1 Å². The van der Waals surface area contributed by atoms with Gasteiger partial charge in [0.25, 0.3) is 0 Å². The van der Waals surface area contributed by atoms with E-state index in [1.165, 1.54) is 4.90 Å². The monoisotopic (exact) mass is 125 g/mol. The molecular weight excluding hydrogens is 118 g/mol. The third kappa shape index (κ3) is 4.45. The van der Waals surface area contributed by atoms with Crippen LogP contribution in [0.4, 0.5) is 0 Å². The summed E-state index contributed by atoms with van der Waals surface area (Å²) in [6, 6.07) is 0. The summed E-state index contributed by atoms with van der Waals surface area (Å²) in [4.78, 5) is 3.93. The fraction of sp³-hybridized carbons (Fsp3) is 0.750. The second-order valence-corrected chi connectivity index (χ2v) is 1.48. The van der Waals surface area contributed by atoms with Crippen molar-refractivity contribution in [3.8, 4) is 6.19 Å². The van der Waals surface area contributed by atoms with Crippen molar-refractivity contribution < 1.29 is 0 Å². The molecule has 0 unspecified atom stereocenters. The molecule has 5 heteroatoms. The van der Waals surface area contributed by atoms with Crippen LogP contribution in [0.25, 0.3) is 10.4 Å². The number of rotatable bonds is 3. The van der Waals surface area contributed by atoms with E-state index in [-0.39, 0.29) is 0 Å². The van der Waals surface area contributed by atoms with Gasteiger partial charge in [-0.15, -0.1) is 0 Å². The molecule has 0 saturated heterocycles. The zero-order valence-electron chi connectivity index (χ0n) is 5.15. The molecule has 48 valence electrons. The maximum Gasteiger partial charge on any atom is 0.179 e. The van der Waals surface area contributed by atoms with Crippen LogP contribution in [0, 0.1) is 11.5 Å². The number of hydrogen-bond acceptors (Lipinski definition) is 3. The lowest BCUT2D eigenvalue weighted by atomic mass is 10.6. The molecule has 0 fully saturated rings. The Balaban J connectivity index is 3.30. The van der Waals surface area contributed by atoms with Crippen molar-refractivity contribution in [1.82, 2.24) is 4.90 Å². The average molecular weight is 125 g/mol. The Morgan fingerprint density at radius 3 is 3.00 bits per heavy atom. The van der Waals surface area contributed by atoms with Gasteiger partial charge < -0.3 is 4.90 Å². The minimum absolute atomic E-state index is 0.348. The van der Waals surface area contributed by atoms with Crippen LogP contribution in [0.15, 0.2) is 5.11 Å². The predicted molar refractivity (Wildman–Crippen MR) is 32.3 cm³/mol. The molecular formula is C4H7N5. The first-order valence-electron chi connectivity index (χ1n) is 2.43.